The van der Waals surface area contributed by atoms with E-state index < -0.39 is 0 Å². The Bertz CT molecular complexity index is 171. The van der Waals surface area contributed by atoms with E-state index in [-0.39, 0.29) is 12.0 Å². The van der Waals surface area contributed by atoms with Crippen LogP contribution in [-0.4, -0.2) is 31.0 Å². The molecule has 1 aliphatic heterocycles. The smallest absolute Gasteiger partial charge is 0.312 e. The van der Waals surface area contributed by atoms with Crippen molar-refractivity contribution in [2.24, 2.45) is 0 Å². The first-order chi connectivity index (χ1) is 5.09. The van der Waals surface area contributed by atoms with Gasteiger partial charge in [-0.1, -0.05) is 6.58 Å². The van der Waals surface area contributed by atoms with Gasteiger partial charge in [0.15, 0.2) is 0 Å². The lowest BCUT2D eigenvalue weighted by atomic mass is 10.1. The Balaban J connectivity index is 2.56. The Morgan fingerprint density at radius 1 is 1.55 bits per heavy atom. The van der Waals surface area contributed by atoms with Gasteiger partial charge >= 0.3 is 5.97 Å². The van der Waals surface area contributed by atoms with Gasteiger partial charge in [-0.2, -0.15) is 0 Å². The minimum Gasteiger partial charge on any atom is -0.432 e. The summed E-state index contributed by atoms with van der Waals surface area (Å²) < 4.78 is 4.81. The Morgan fingerprint density at radius 3 is 2.64 bits per heavy atom. The predicted octanol–water partition coefficient (Wildman–Crippen LogP) is 0.767. The highest BCUT2D eigenvalue weighted by molar-refractivity contribution is 5.72. The fourth-order valence-electron chi connectivity index (χ4n) is 1.14. The maximum atomic E-state index is 10.9. The van der Waals surface area contributed by atoms with Crippen molar-refractivity contribution in [2.75, 3.05) is 14.1 Å². The zero-order valence-corrected chi connectivity index (χ0v) is 6.96. The molecule has 1 saturated heterocycles. The van der Waals surface area contributed by atoms with Crippen LogP contribution in [0.4, 0.5) is 0 Å². The number of hydrogen-bond donors (Lipinski definition) is 0. The van der Waals surface area contributed by atoms with Gasteiger partial charge in [-0.15, -0.1) is 0 Å². The lowest BCUT2D eigenvalue weighted by Crippen LogP contribution is -2.35. The predicted molar refractivity (Wildman–Crippen MR) is 41.9 cm³/mol. The molecule has 11 heavy (non-hydrogen) atoms. The van der Waals surface area contributed by atoms with Gasteiger partial charge in [0, 0.05) is 12.5 Å². The monoisotopic (exact) mass is 155 g/mol. The average molecular weight is 155 g/mol. The molecule has 1 fully saturated rings. The summed E-state index contributed by atoms with van der Waals surface area (Å²) in [6, 6.07) is 0.267. The standard InChI is InChI=1S/C8H13NO2/c1-6-4-7(9(2)3)5-8(10)11-6/h7H,1,4-5H2,2-3H3. The highest BCUT2D eigenvalue weighted by atomic mass is 16.5. The second-order valence-electron chi connectivity index (χ2n) is 3.04. The summed E-state index contributed by atoms with van der Waals surface area (Å²) in [6.07, 6.45) is 1.24. The summed E-state index contributed by atoms with van der Waals surface area (Å²) in [7, 11) is 3.91. The number of cyclic esters (lactones) is 1. The van der Waals surface area contributed by atoms with E-state index in [9.17, 15) is 4.79 Å². The van der Waals surface area contributed by atoms with E-state index in [1.807, 2.05) is 19.0 Å². The Kier molecular flexibility index (Phi) is 2.29. The van der Waals surface area contributed by atoms with Crippen LogP contribution in [0.2, 0.25) is 0 Å². The Hall–Kier alpha value is -0.830. The number of nitrogens with zero attached hydrogens (tertiary/aromatic N) is 1. The maximum absolute atomic E-state index is 10.9. The van der Waals surface area contributed by atoms with Gasteiger partial charge < -0.3 is 9.64 Å². The normalized spacial score (nSPS) is 25.5. The highest BCUT2D eigenvalue weighted by Crippen LogP contribution is 2.19. The van der Waals surface area contributed by atoms with Crippen LogP contribution in [0.3, 0.4) is 0 Å². The molecule has 62 valence electrons. The molecule has 1 aliphatic rings. The second-order valence-corrected chi connectivity index (χ2v) is 3.04. The fraction of sp³-hybridized carbons (Fsp3) is 0.625. The molecule has 0 aromatic carbocycles. The topological polar surface area (TPSA) is 29.5 Å². The van der Waals surface area contributed by atoms with Crippen molar-refractivity contribution in [3.8, 4) is 0 Å². The van der Waals surface area contributed by atoms with E-state index in [0.717, 1.165) is 6.42 Å². The maximum Gasteiger partial charge on any atom is 0.312 e. The molecular formula is C8H13NO2. The molecular weight excluding hydrogens is 142 g/mol. The number of carbonyl (C=O) groups excluding carboxylic acids is 1. The Labute approximate surface area is 66.6 Å². The zero-order valence-electron chi connectivity index (χ0n) is 6.96. The van der Waals surface area contributed by atoms with Crippen molar-refractivity contribution >= 4 is 5.97 Å². The summed E-state index contributed by atoms with van der Waals surface area (Å²) in [5, 5.41) is 0. The largest absolute Gasteiger partial charge is 0.432 e. The van der Waals surface area contributed by atoms with E-state index in [0.29, 0.717) is 12.2 Å². The third-order valence-electron chi connectivity index (χ3n) is 1.85. The van der Waals surface area contributed by atoms with Gasteiger partial charge in [0.25, 0.3) is 0 Å². The number of rotatable bonds is 1. The average Bonchev–Trinajstić information content (AvgIpc) is 1.85. The highest BCUT2D eigenvalue weighted by Gasteiger charge is 2.24. The number of hydrogen-bond acceptors (Lipinski definition) is 3. The van der Waals surface area contributed by atoms with Gasteiger partial charge in [0.05, 0.1) is 6.42 Å². The molecule has 0 saturated carbocycles. The molecule has 0 amide bonds. The molecule has 3 heteroatoms. The number of carbonyl (C=O) groups is 1. The molecule has 3 nitrogen and oxygen atoms in total. The summed E-state index contributed by atoms with van der Waals surface area (Å²) >= 11 is 0. The lowest BCUT2D eigenvalue weighted by Gasteiger charge is -2.27. The van der Waals surface area contributed by atoms with Gasteiger partial charge in [0.2, 0.25) is 0 Å². The molecule has 1 rings (SSSR count). The Morgan fingerprint density at radius 2 is 2.18 bits per heavy atom. The van der Waals surface area contributed by atoms with Crippen LogP contribution in [0.5, 0.6) is 0 Å². The van der Waals surface area contributed by atoms with Crippen LogP contribution in [0, 0.1) is 0 Å². The molecule has 0 spiro atoms. The summed E-state index contributed by atoms with van der Waals surface area (Å²) in [5.74, 6) is 0.417. The van der Waals surface area contributed by atoms with Gasteiger partial charge in [-0.25, -0.2) is 0 Å². The molecule has 1 unspecified atom stereocenters. The minimum absolute atomic E-state index is 0.167. The third-order valence-corrected chi connectivity index (χ3v) is 1.85. The SMILES string of the molecule is C=C1CC(N(C)C)CC(=O)O1. The van der Waals surface area contributed by atoms with Crippen molar-refractivity contribution < 1.29 is 9.53 Å². The van der Waals surface area contributed by atoms with Gasteiger partial charge in [0.1, 0.15) is 5.76 Å². The first kappa shape index (κ1) is 8.27. The van der Waals surface area contributed by atoms with Gasteiger partial charge in [-0.3, -0.25) is 4.79 Å². The summed E-state index contributed by atoms with van der Waals surface area (Å²) in [6.45, 7) is 3.63. The molecule has 1 atom stereocenters. The van der Waals surface area contributed by atoms with Crippen LogP contribution in [0.1, 0.15) is 12.8 Å². The number of esters is 1. The van der Waals surface area contributed by atoms with Crippen LogP contribution < -0.4 is 0 Å². The van der Waals surface area contributed by atoms with Crippen molar-refractivity contribution in [3.63, 3.8) is 0 Å². The van der Waals surface area contributed by atoms with E-state index in [4.69, 9.17) is 4.74 Å². The molecule has 0 radical (unpaired) electrons. The molecule has 0 aromatic rings. The molecule has 1 heterocycles. The second kappa shape index (κ2) is 3.05. The molecule has 0 aromatic heterocycles. The van der Waals surface area contributed by atoms with Crippen LogP contribution >= 0.6 is 0 Å². The van der Waals surface area contributed by atoms with Crippen molar-refractivity contribution in [2.45, 2.75) is 18.9 Å². The van der Waals surface area contributed by atoms with E-state index in [1.165, 1.54) is 0 Å². The molecule has 0 aliphatic carbocycles. The summed E-state index contributed by atoms with van der Waals surface area (Å²) in [5.41, 5.74) is 0. The minimum atomic E-state index is -0.167. The van der Waals surface area contributed by atoms with Crippen molar-refractivity contribution in [1.82, 2.24) is 4.90 Å². The van der Waals surface area contributed by atoms with Crippen LogP contribution in [-0.2, 0) is 9.53 Å². The first-order valence-electron chi connectivity index (χ1n) is 3.64. The zero-order chi connectivity index (χ0) is 8.43. The summed E-state index contributed by atoms with van der Waals surface area (Å²) in [4.78, 5) is 12.9. The molecule has 0 N–H and O–H groups in total. The molecule has 0 bridgehead atoms. The van der Waals surface area contributed by atoms with Crippen LogP contribution in [0.15, 0.2) is 12.3 Å². The first-order valence-corrected chi connectivity index (χ1v) is 3.64. The fourth-order valence-corrected chi connectivity index (χ4v) is 1.14. The number of ether oxygens (including phenoxy) is 1. The van der Waals surface area contributed by atoms with E-state index in [1.54, 1.807) is 0 Å². The third kappa shape index (κ3) is 2.05. The van der Waals surface area contributed by atoms with Crippen molar-refractivity contribution in [3.05, 3.63) is 12.3 Å². The van der Waals surface area contributed by atoms with E-state index >= 15 is 0 Å². The van der Waals surface area contributed by atoms with E-state index in [2.05, 4.69) is 6.58 Å². The van der Waals surface area contributed by atoms with Crippen LogP contribution in [0.25, 0.3) is 0 Å². The van der Waals surface area contributed by atoms with Gasteiger partial charge in [-0.05, 0) is 14.1 Å². The lowest BCUT2D eigenvalue weighted by molar-refractivity contribution is -0.143. The quantitative estimate of drug-likeness (QED) is 0.524. The van der Waals surface area contributed by atoms with Crippen molar-refractivity contribution in [1.29, 1.82) is 0 Å².